The van der Waals surface area contributed by atoms with E-state index in [0.717, 1.165) is 12.8 Å². The number of nitriles is 1. The Bertz CT molecular complexity index is 247. The third-order valence-electron chi connectivity index (χ3n) is 2.06. The summed E-state index contributed by atoms with van der Waals surface area (Å²) in [4.78, 5) is 11.1. The molecule has 0 aromatic carbocycles. The van der Waals surface area contributed by atoms with Gasteiger partial charge in [0.05, 0.1) is 6.07 Å². The second kappa shape index (κ2) is 3.33. The van der Waals surface area contributed by atoms with Crippen LogP contribution in [0, 0.1) is 17.2 Å². The number of hydrogen-bond acceptors (Lipinski definition) is 2. The Morgan fingerprint density at radius 1 is 1.69 bits per heavy atom. The van der Waals surface area contributed by atoms with Crippen molar-refractivity contribution < 1.29 is 9.18 Å². The van der Waals surface area contributed by atoms with Crippen molar-refractivity contribution in [1.82, 2.24) is 5.32 Å². The maximum absolute atomic E-state index is 13.0. The molecule has 1 rings (SSSR count). The zero-order valence-corrected chi connectivity index (χ0v) is 7.80. The first kappa shape index (κ1) is 9.97. The fourth-order valence-electron chi connectivity index (χ4n) is 0.998. The third kappa shape index (κ3) is 2.69. The molecule has 1 aliphatic carbocycles. The van der Waals surface area contributed by atoms with E-state index in [-0.39, 0.29) is 5.92 Å². The van der Waals surface area contributed by atoms with Gasteiger partial charge in [-0.3, -0.25) is 4.79 Å². The largest absolute Gasteiger partial charge is 0.337 e. The van der Waals surface area contributed by atoms with E-state index in [0.29, 0.717) is 0 Å². The van der Waals surface area contributed by atoms with Gasteiger partial charge in [0.15, 0.2) is 5.67 Å². The lowest BCUT2D eigenvalue weighted by Gasteiger charge is -2.16. The topological polar surface area (TPSA) is 52.9 Å². The van der Waals surface area contributed by atoms with Crippen molar-refractivity contribution >= 4 is 5.91 Å². The number of halogens is 1. The Morgan fingerprint density at radius 2 is 2.23 bits per heavy atom. The van der Waals surface area contributed by atoms with E-state index in [1.165, 1.54) is 13.8 Å². The third-order valence-corrected chi connectivity index (χ3v) is 2.06. The van der Waals surface area contributed by atoms with E-state index in [4.69, 9.17) is 5.26 Å². The van der Waals surface area contributed by atoms with Gasteiger partial charge in [0.2, 0.25) is 0 Å². The predicted octanol–water partition coefficient (Wildman–Crippen LogP) is 1.15. The first-order valence-corrected chi connectivity index (χ1v) is 4.34. The van der Waals surface area contributed by atoms with Gasteiger partial charge in [0.25, 0.3) is 5.91 Å². The molecule has 0 spiro atoms. The molecular formula is C9H13FN2O. The molecule has 0 aromatic rings. The summed E-state index contributed by atoms with van der Waals surface area (Å²) in [5.41, 5.74) is -1.90. The van der Waals surface area contributed by atoms with Gasteiger partial charge in [0.1, 0.15) is 6.04 Å². The molecule has 1 N–H and O–H groups in total. The normalized spacial score (nSPS) is 18.9. The smallest absolute Gasteiger partial charge is 0.258 e. The average molecular weight is 184 g/mol. The number of alkyl halides is 1. The molecule has 0 aliphatic heterocycles. The van der Waals surface area contributed by atoms with Gasteiger partial charge in [-0.25, -0.2) is 4.39 Å². The molecular weight excluding hydrogens is 171 g/mol. The van der Waals surface area contributed by atoms with Crippen LogP contribution in [0.4, 0.5) is 4.39 Å². The zero-order valence-electron chi connectivity index (χ0n) is 7.80. The first-order valence-electron chi connectivity index (χ1n) is 4.34. The van der Waals surface area contributed by atoms with E-state index in [1.807, 2.05) is 6.07 Å². The van der Waals surface area contributed by atoms with Crippen LogP contribution in [0.5, 0.6) is 0 Å². The quantitative estimate of drug-likeness (QED) is 0.715. The standard InChI is InChI=1S/C9H13FN2O/c1-9(2,10)8(13)12-7(5-11)6-3-4-6/h6-7H,3-4H2,1-2H3,(H,12,13). The summed E-state index contributed by atoms with van der Waals surface area (Å²) >= 11 is 0. The minimum atomic E-state index is -1.90. The summed E-state index contributed by atoms with van der Waals surface area (Å²) in [7, 11) is 0. The van der Waals surface area contributed by atoms with Crippen molar-refractivity contribution in [3.05, 3.63) is 0 Å². The van der Waals surface area contributed by atoms with Crippen LogP contribution in [0.25, 0.3) is 0 Å². The predicted molar refractivity (Wildman–Crippen MR) is 45.5 cm³/mol. The summed E-state index contributed by atoms with van der Waals surface area (Å²) in [5.74, 6) is -0.470. The SMILES string of the molecule is CC(C)(F)C(=O)NC(C#N)C1CC1. The van der Waals surface area contributed by atoms with Crippen LogP contribution in [0.2, 0.25) is 0 Å². The molecule has 1 fully saturated rings. The lowest BCUT2D eigenvalue weighted by Crippen LogP contribution is -2.44. The van der Waals surface area contributed by atoms with E-state index in [2.05, 4.69) is 5.32 Å². The van der Waals surface area contributed by atoms with Gasteiger partial charge >= 0.3 is 0 Å². The molecule has 0 saturated heterocycles. The van der Waals surface area contributed by atoms with Crippen LogP contribution < -0.4 is 5.32 Å². The summed E-state index contributed by atoms with van der Waals surface area (Å²) in [6, 6.07) is 1.46. The molecule has 1 aliphatic rings. The Hall–Kier alpha value is -1.11. The van der Waals surface area contributed by atoms with Crippen molar-refractivity contribution in [2.24, 2.45) is 5.92 Å². The number of nitrogens with one attached hydrogen (secondary N) is 1. The fourth-order valence-corrected chi connectivity index (χ4v) is 0.998. The van der Waals surface area contributed by atoms with E-state index in [1.54, 1.807) is 0 Å². The van der Waals surface area contributed by atoms with Crippen LogP contribution >= 0.6 is 0 Å². The molecule has 1 amide bonds. The molecule has 72 valence electrons. The van der Waals surface area contributed by atoms with Gasteiger partial charge < -0.3 is 5.32 Å². The number of nitrogens with zero attached hydrogens (tertiary/aromatic N) is 1. The second-order valence-electron chi connectivity index (χ2n) is 3.89. The maximum Gasteiger partial charge on any atom is 0.258 e. The Morgan fingerprint density at radius 3 is 2.54 bits per heavy atom. The molecule has 3 nitrogen and oxygen atoms in total. The maximum atomic E-state index is 13.0. The highest BCUT2D eigenvalue weighted by Gasteiger charge is 2.36. The van der Waals surface area contributed by atoms with Crippen LogP contribution in [-0.2, 0) is 4.79 Å². The van der Waals surface area contributed by atoms with Gasteiger partial charge in [-0.2, -0.15) is 5.26 Å². The number of carbonyl (C=O) groups excluding carboxylic acids is 1. The van der Waals surface area contributed by atoms with Crippen molar-refractivity contribution in [1.29, 1.82) is 5.26 Å². The number of hydrogen-bond donors (Lipinski definition) is 1. The van der Waals surface area contributed by atoms with Crippen molar-refractivity contribution in [3.63, 3.8) is 0 Å². The van der Waals surface area contributed by atoms with Gasteiger partial charge in [0, 0.05) is 0 Å². The van der Waals surface area contributed by atoms with Crippen molar-refractivity contribution in [2.45, 2.75) is 38.4 Å². The van der Waals surface area contributed by atoms with Gasteiger partial charge in [-0.15, -0.1) is 0 Å². The van der Waals surface area contributed by atoms with E-state index < -0.39 is 17.6 Å². The molecule has 1 atom stereocenters. The Labute approximate surface area is 76.9 Å². The van der Waals surface area contributed by atoms with Crippen LogP contribution in [0.15, 0.2) is 0 Å². The van der Waals surface area contributed by atoms with E-state index in [9.17, 15) is 9.18 Å². The minimum absolute atomic E-state index is 0.233. The van der Waals surface area contributed by atoms with Crippen LogP contribution in [-0.4, -0.2) is 17.6 Å². The molecule has 1 unspecified atom stereocenters. The highest BCUT2D eigenvalue weighted by atomic mass is 19.1. The van der Waals surface area contributed by atoms with Gasteiger partial charge in [-0.1, -0.05) is 0 Å². The number of amides is 1. The molecule has 0 aromatic heterocycles. The number of carbonyl (C=O) groups is 1. The summed E-state index contributed by atoms with van der Waals surface area (Å²) in [6.45, 7) is 2.37. The lowest BCUT2D eigenvalue weighted by molar-refractivity contribution is -0.131. The second-order valence-corrected chi connectivity index (χ2v) is 3.89. The molecule has 4 heteroatoms. The summed E-state index contributed by atoms with van der Waals surface area (Å²) < 4.78 is 13.0. The zero-order chi connectivity index (χ0) is 10.1. The van der Waals surface area contributed by atoms with E-state index >= 15 is 0 Å². The minimum Gasteiger partial charge on any atom is -0.337 e. The van der Waals surface area contributed by atoms with Crippen LogP contribution in [0.1, 0.15) is 26.7 Å². The summed E-state index contributed by atoms with van der Waals surface area (Å²) in [5, 5.41) is 11.1. The first-order chi connectivity index (χ1) is 5.95. The molecule has 0 bridgehead atoms. The monoisotopic (exact) mass is 184 g/mol. The molecule has 13 heavy (non-hydrogen) atoms. The fraction of sp³-hybridized carbons (Fsp3) is 0.778. The molecule has 0 radical (unpaired) electrons. The van der Waals surface area contributed by atoms with Gasteiger partial charge in [-0.05, 0) is 32.6 Å². The van der Waals surface area contributed by atoms with Crippen molar-refractivity contribution in [3.8, 4) is 6.07 Å². The summed E-state index contributed by atoms with van der Waals surface area (Å²) in [6.07, 6.45) is 1.90. The number of rotatable bonds is 3. The average Bonchev–Trinajstić information content (AvgIpc) is 2.80. The highest BCUT2D eigenvalue weighted by Crippen LogP contribution is 2.32. The Kier molecular flexibility index (Phi) is 2.55. The van der Waals surface area contributed by atoms with Crippen molar-refractivity contribution in [2.75, 3.05) is 0 Å². The lowest BCUT2D eigenvalue weighted by atomic mass is 10.1. The molecule has 1 saturated carbocycles. The van der Waals surface area contributed by atoms with Crippen LogP contribution in [0.3, 0.4) is 0 Å². The highest BCUT2D eigenvalue weighted by molar-refractivity contribution is 5.84. The Balaban J connectivity index is 2.47. The molecule has 0 heterocycles.